The van der Waals surface area contributed by atoms with E-state index in [0.29, 0.717) is 12.1 Å². The molecule has 0 aromatic carbocycles. The van der Waals surface area contributed by atoms with Crippen LogP contribution in [0.2, 0.25) is 0 Å². The van der Waals surface area contributed by atoms with Crippen molar-refractivity contribution in [2.45, 2.75) is 33.2 Å². The van der Waals surface area contributed by atoms with E-state index >= 15 is 0 Å². The highest BCUT2D eigenvalue weighted by Gasteiger charge is 2.14. The summed E-state index contributed by atoms with van der Waals surface area (Å²) in [7, 11) is 0. The Morgan fingerprint density at radius 2 is 2.17 bits per heavy atom. The molecule has 0 spiro atoms. The summed E-state index contributed by atoms with van der Waals surface area (Å²) in [6, 6.07) is -0.0715. The summed E-state index contributed by atoms with van der Waals surface area (Å²) in [6.07, 6.45) is 3.74. The number of hydrogen-bond donors (Lipinski definition) is 1. The Labute approximate surface area is 109 Å². The number of nitrogens with zero attached hydrogens (tertiary/aromatic N) is 3. The molecule has 6 heteroatoms. The van der Waals surface area contributed by atoms with Gasteiger partial charge in [-0.2, -0.15) is 0 Å². The zero-order chi connectivity index (χ0) is 13.1. The van der Waals surface area contributed by atoms with Gasteiger partial charge in [0.2, 0.25) is 0 Å². The van der Waals surface area contributed by atoms with Gasteiger partial charge in [-0.15, -0.1) is 11.3 Å². The number of thiazole rings is 1. The third-order valence-corrected chi connectivity index (χ3v) is 3.65. The second-order valence-corrected chi connectivity index (χ2v) is 5.28. The van der Waals surface area contributed by atoms with Gasteiger partial charge in [0.1, 0.15) is 11.3 Å². The molecule has 0 saturated carbocycles. The molecule has 0 fully saturated rings. The van der Waals surface area contributed by atoms with E-state index in [9.17, 15) is 4.39 Å². The molecule has 0 aliphatic carbocycles. The van der Waals surface area contributed by atoms with Crippen LogP contribution < -0.4 is 5.32 Å². The maximum atomic E-state index is 13.9. The van der Waals surface area contributed by atoms with E-state index in [1.807, 2.05) is 27.0 Å². The molecule has 2 rings (SSSR count). The first-order valence-corrected chi connectivity index (χ1v) is 6.61. The maximum absolute atomic E-state index is 13.9. The van der Waals surface area contributed by atoms with E-state index in [0.717, 1.165) is 9.88 Å². The van der Waals surface area contributed by atoms with Gasteiger partial charge in [-0.1, -0.05) is 6.92 Å². The van der Waals surface area contributed by atoms with Crippen molar-refractivity contribution in [3.8, 4) is 0 Å². The maximum Gasteiger partial charge on any atom is 0.186 e. The lowest BCUT2D eigenvalue weighted by Crippen LogP contribution is -2.11. The first-order valence-electron chi connectivity index (χ1n) is 5.80. The molecule has 0 amide bonds. The summed E-state index contributed by atoms with van der Waals surface area (Å²) < 4.78 is 13.9. The lowest BCUT2D eigenvalue weighted by molar-refractivity contribution is 0.594. The highest BCUT2D eigenvalue weighted by atomic mass is 32.1. The third-order valence-electron chi connectivity index (χ3n) is 2.56. The summed E-state index contributed by atoms with van der Waals surface area (Å²) in [5.74, 6) is -0.137. The quantitative estimate of drug-likeness (QED) is 0.923. The second-order valence-electron chi connectivity index (χ2n) is 4.01. The summed E-state index contributed by atoms with van der Waals surface area (Å²) >= 11 is 1.59. The van der Waals surface area contributed by atoms with E-state index in [1.54, 1.807) is 11.3 Å². The summed E-state index contributed by atoms with van der Waals surface area (Å²) in [4.78, 5) is 13.3. The lowest BCUT2D eigenvalue weighted by Gasteiger charge is -2.13. The number of hydrogen-bond acceptors (Lipinski definition) is 5. The minimum atomic E-state index is -0.375. The zero-order valence-electron chi connectivity index (χ0n) is 10.6. The van der Waals surface area contributed by atoms with E-state index in [1.165, 1.54) is 6.33 Å². The molecular formula is C12H15FN4S. The molecular weight excluding hydrogens is 251 g/mol. The van der Waals surface area contributed by atoms with E-state index in [2.05, 4.69) is 20.3 Å². The van der Waals surface area contributed by atoms with Crippen molar-refractivity contribution in [3.63, 3.8) is 0 Å². The van der Waals surface area contributed by atoms with E-state index in [4.69, 9.17) is 0 Å². The first-order chi connectivity index (χ1) is 8.61. The summed E-state index contributed by atoms with van der Waals surface area (Å²) in [5, 5.41) is 3.96. The van der Waals surface area contributed by atoms with Crippen LogP contribution in [0.3, 0.4) is 0 Å². The molecule has 2 aromatic heterocycles. The first kappa shape index (κ1) is 12.9. The minimum absolute atomic E-state index is 0.0715. The molecule has 2 heterocycles. The molecule has 96 valence electrons. The van der Waals surface area contributed by atoms with Crippen molar-refractivity contribution in [2.24, 2.45) is 0 Å². The number of anilines is 1. The number of aromatic nitrogens is 3. The fourth-order valence-electron chi connectivity index (χ4n) is 1.59. The monoisotopic (exact) mass is 266 g/mol. The summed E-state index contributed by atoms with van der Waals surface area (Å²) in [6.45, 7) is 5.79. The minimum Gasteiger partial charge on any atom is -0.359 e. The molecule has 2 aromatic rings. The molecule has 18 heavy (non-hydrogen) atoms. The smallest absolute Gasteiger partial charge is 0.186 e. The molecule has 1 atom stereocenters. The predicted molar refractivity (Wildman–Crippen MR) is 70.3 cm³/mol. The highest BCUT2D eigenvalue weighted by molar-refractivity contribution is 7.11. The SMILES string of the molecule is CCc1ncnc(NC(C)c2ncc(C)s2)c1F. The molecule has 1 N–H and O–H groups in total. The summed E-state index contributed by atoms with van der Waals surface area (Å²) in [5.41, 5.74) is 0.426. The molecule has 1 unspecified atom stereocenters. The van der Waals surface area contributed by atoms with Crippen molar-refractivity contribution in [1.82, 2.24) is 15.0 Å². The van der Waals surface area contributed by atoms with Gasteiger partial charge in [-0.3, -0.25) is 0 Å². The van der Waals surface area contributed by atoms with Crippen molar-refractivity contribution in [3.05, 3.63) is 33.9 Å². The third kappa shape index (κ3) is 2.64. The Kier molecular flexibility index (Phi) is 3.86. The van der Waals surface area contributed by atoms with Gasteiger partial charge in [-0.25, -0.2) is 19.3 Å². The zero-order valence-corrected chi connectivity index (χ0v) is 11.4. The Balaban J connectivity index is 2.19. The van der Waals surface area contributed by atoms with Gasteiger partial charge in [0.25, 0.3) is 0 Å². The largest absolute Gasteiger partial charge is 0.359 e. The van der Waals surface area contributed by atoms with E-state index < -0.39 is 0 Å². The number of nitrogens with one attached hydrogen (secondary N) is 1. The molecule has 0 radical (unpaired) electrons. The predicted octanol–water partition coefficient (Wildman–Crippen LogP) is 3.12. The normalized spacial score (nSPS) is 12.4. The number of rotatable bonds is 4. The molecule has 4 nitrogen and oxygen atoms in total. The average molecular weight is 266 g/mol. The average Bonchev–Trinajstić information content (AvgIpc) is 2.78. The topological polar surface area (TPSA) is 50.7 Å². The van der Waals surface area contributed by atoms with Crippen LogP contribution in [-0.2, 0) is 6.42 Å². The second kappa shape index (κ2) is 5.39. The number of halogens is 1. The highest BCUT2D eigenvalue weighted by Crippen LogP contribution is 2.24. The van der Waals surface area contributed by atoms with Gasteiger partial charge in [-0.05, 0) is 20.3 Å². The van der Waals surface area contributed by atoms with Gasteiger partial charge >= 0.3 is 0 Å². The lowest BCUT2D eigenvalue weighted by atomic mass is 10.3. The Hall–Kier alpha value is -1.56. The van der Waals surface area contributed by atoms with Gasteiger partial charge in [0.05, 0.1) is 11.7 Å². The molecule has 0 bridgehead atoms. The van der Waals surface area contributed by atoms with Crippen LogP contribution in [0.5, 0.6) is 0 Å². The van der Waals surface area contributed by atoms with Crippen LogP contribution in [0, 0.1) is 12.7 Å². The molecule has 0 aliphatic heterocycles. The van der Waals surface area contributed by atoms with Crippen molar-refractivity contribution < 1.29 is 4.39 Å². The Bertz CT molecular complexity index is 541. The van der Waals surface area contributed by atoms with Gasteiger partial charge in [0.15, 0.2) is 11.6 Å². The Morgan fingerprint density at radius 3 is 2.78 bits per heavy atom. The van der Waals surface area contributed by atoms with Gasteiger partial charge in [0, 0.05) is 11.1 Å². The standard InChI is InChI=1S/C12H15FN4S/c1-4-9-10(13)11(16-6-15-9)17-8(3)12-14-5-7(2)18-12/h5-6,8H,4H2,1-3H3,(H,15,16,17). The van der Waals surface area contributed by atoms with Crippen molar-refractivity contribution in [2.75, 3.05) is 5.32 Å². The van der Waals surface area contributed by atoms with E-state index in [-0.39, 0.29) is 17.7 Å². The van der Waals surface area contributed by atoms with Crippen LogP contribution >= 0.6 is 11.3 Å². The van der Waals surface area contributed by atoms with Crippen LogP contribution in [0.15, 0.2) is 12.5 Å². The van der Waals surface area contributed by atoms with Gasteiger partial charge < -0.3 is 5.32 Å². The van der Waals surface area contributed by atoms with Crippen LogP contribution in [0.25, 0.3) is 0 Å². The fraction of sp³-hybridized carbons (Fsp3) is 0.417. The van der Waals surface area contributed by atoms with Crippen molar-refractivity contribution in [1.29, 1.82) is 0 Å². The van der Waals surface area contributed by atoms with Crippen LogP contribution in [0.4, 0.5) is 10.2 Å². The molecule has 0 aliphatic rings. The Morgan fingerprint density at radius 1 is 1.39 bits per heavy atom. The molecule has 0 saturated heterocycles. The van der Waals surface area contributed by atoms with Crippen molar-refractivity contribution >= 4 is 17.2 Å². The fourth-order valence-corrected chi connectivity index (χ4v) is 2.37. The van der Waals surface area contributed by atoms with Crippen LogP contribution in [0.1, 0.15) is 35.5 Å². The van der Waals surface area contributed by atoms with Crippen LogP contribution in [-0.4, -0.2) is 15.0 Å². The number of aryl methyl sites for hydroxylation is 2.